The maximum absolute atomic E-state index is 15.1. The number of ether oxygens (including phenoxy) is 3. The van der Waals surface area contributed by atoms with Crippen LogP contribution in [0.5, 0.6) is 11.5 Å². The van der Waals surface area contributed by atoms with Gasteiger partial charge in [0.1, 0.15) is 23.1 Å². The number of hydrogen-bond acceptors (Lipinski definition) is 5. The molecule has 0 bridgehead atoms. The highest BCUT2D eigenvalue weighted by molar-refractivity contribution is 5.82. The summed E-state index contributed by atoms with van der Waals surface area (Å²) in [5, 5.41) is 8.93. The number of imidazole rings is 1. The molecule has 0 aliphatic carbocycles. The smallest absolute Gasteiger partial charge is 0.303 e. The van der Waals surface area contributed by atoms with Crippen LogP contribution in [0, 0.1) is 28.7 Å². The Bertz CT molecular complexity index is 1870. The Balaban J connectivity index is 1.36. The number of rotatable bonds is 8. The maximum atomic E-state index is 15.1. The molecule has 6 rings (SSSR count). The Morgan fingerprint density at radius 2 is 1.80 bits per heavy atom. The van der Waals surface area contributed by atoms with Gasteiger partial charge >= 0.3 is 5.97 Å². The lowest BCUT2D eigenvalue weighted by Gasteiger charge is -2.43. The summed E-state index contributed by atoms with van der Waals surface area (Å²) in [6.07, 6.45) is 2.93. The minimum atomic E-state index is -1.54. The van der Waals surface area contributed by atoms with E-state index in [9.17, 15) is 13.6 Å². The van der Waals surface area contributed by atoms with E-state index in [2.05, 4.69) is 15.0 Å². The van der Waals surface area contributed by atoms with Gasteiger partial charge in [0.05, 0.1) is 30.5 Å². The number of aryl methyl sites for hydroxylation is 1. The zero-order valence-electron chi connectivity index (χ0n) is 23.6. The molecule has 0 unspecified atom stereocenters. The molecule has 12 heteroatoms. The number of nitrogens with one attached hydrogen (secondary N) is 2. The molecule has 1 fully saturated rings. The fourth-order valence-electron chi connectivity index (χ4n) is 5.08. The molecule has 228 valence electrons. The number of carboxylic acids is 1. The lowest BCUT2D eigenvalue weighted by Crippen LogP contribution is -2.46. The van der Waals surface area contributed by atoms with Gasteiger partial charge < -0.3 is 29.3 Å². The van der Waals surface area contributed by atoms with Crippen molar-refractivity contribution in [3.05, 3.63) is 101 Å². The van der Waals surface area contributed by atoms with E-state index in [0.29, 0.717) is 30.9 Å². The highest BCUT2D eigenvalue weighted by Crippen LogP contribution is 2.42. The van der Waals surface area contributed by atoms with E-state index >= 15 is 8.78 Å². The average Bonchev–Trinajstić information content (AvgIpc) is 3.70. The summed E-state index contributed by atoms with van der Waals surface area (Å²) in [5.74, 6) is -8.19. The van der Waals surface area contributed by atoms with E-state index in [1.165, 1.54) is 24.5 Å². The molecule has 44 heavy (non-hydrogen) atoms. The van der Waals surface area contributed by atoms with E-state index in [0.717, 1.165) is 17.7 Å². The van der Waals surface area contributed by atoms with E-state index in [4.69, 9.17) is 19.3 Å². The molecule has 8 nitrogen and oxygen atoms in total. The number of nitrogens with zero attached hydrogens (tertiary/aromatic N) is 1. The van der Waals surface area contributed by atoms with Crippen LogP contribution in [0.2, 0.25) is 0 Å². The molecule has 2 aromatic heterocycles. The molecule has 0 atom stereocenters. The molecule has 1 aliphatic heterocycles. The number of benzene rings is 3. The molecule has 0 spiro atoms. The van der Waals surface area contributed by atoms with Gasteiger partial charge in [0.15, 0.2) is 11.6 Å². The fourth-order valence-corrected chi connectivity index (χ4v) is 5.08. The number of aromatic amines is 2. The number of carboxylic acid groups (broad SMARTS) is 1. The van der Waals surface area contributed by atoms with Crippen molar-refractivity contribution in [2.75, 3.05) is 13.2 Å². The molecular weight excluding hydrogens is 582 g/mol. The summed E-state index contributed by atoms with van der Waals surface area (Å²) >= 11 is 0. The topological polar surface area (TPSA) is 109 Å². The Hall–Kier alpha value is -4.68. The van der Waals surface area contributed by atoms with E-state index in [-0.39, 0.29) is 39.9 Å². The molecule has 1 aliphatic rings. The molecule has 0 radical (unpaired) electrons. The van der Waals surface area contributed by atoms with Gasteiger partial charge in [-0.1, -0.05) is 32.0 Å². The van der Waals surface area contributed by atoms with Crippen LogP contribution in [0.1, 0.15) is 37.1 Å². The molecular formula is C32H27F4N3O5. The van der Waals surface area contributed by atoms with Crippen LogP contribution in [0.15, 0.2) is 60.9 Å². The Kier molecular flexibility index (Phi) is 7.42. The van der Waals surface area contributed by atoms with Gasteiger partial charge in [0, 0.05) is 29.0 Å². The van der Waals surface area contributed by atoms with E-state index in [1.54, 1.807) is 24.3 Å². The largest absolute Gasteiger partial charge is 0.481 e. The molecule has 0 amide bonds. The number of hydrogen-bond donors (Lipinski definition) is 3. The van der Waals surface area contributed by atoms with E-state index < -0.39 is 40.8 Å². The van der Waals surface area contributed by atoms with Crippen LogP contribution in [0.4, 0.5) is 17.6 Å². The van der Waals surface area contributed by atoms with Crippen LogP contribution in [-0.2, 0) is 26.5 Å². The van der Waals surface area contributed by atoms with Crippen LogP contribution >= 0.6 is 0 Å². The van der Waals surface area contributed by atoms with Crippen LogP contribution < -0.4 is 4.74 Å². The third kappa shape index (κ3) is 5.31. The first-order valence-corrected chi connectivity index (χ1v) is 13.7. The predicted molar refractivity (Wildman–Crippen MR) is 151 cm³/mol. The number of H-pyrrole nitrogens is 2. The van der Waals surface area contributed by atoms with Crippen LogP contribution in [0.25, 0.3) is 22.3 Å². The number of fused-ring (bicyclic) bond motifs is 1. The SMILES string of the molecule is CC1(C)COC(c2cccc(CCC(=O)O)c2)(c2cnc(-c3cc(Oc4c(F)c(F)c5[nH]ccc5c4F)ccc3F)[nH]2)OC1. The molecule has 1 saturated heterocycles. The van der Waals surface area contributed by atoms with Crippen molar-refractivity contribution in [3.63, 3.8) is 0 Å². The Labute approximate surface area is 248 Å². The van der Waals surface area contributed by atoms with Crippen molar-refractivity contribution >= 4 is 16.9 Å². The lowest BCUT2D eigenvalue weighted by atomic mass is 9.91. The average molecular weight is 610 g/mol. The number of aliphatic carboxylic acids is 1. The van der Waals surface area contributed by atoms with E-state index in [1.807, 2.05) is 13.8 Å². The summed E-state index contributed by atoms with van der Waals surface area (Å²) in [6.45, 7) is 4.56. The lowest BCUT2D eigenvalue weighted by molar-refractivity contribution is -0.286. The molecule has 3 heterocycles. The summed E-state index contributed by atoms with van der Waals surface area (Å²) in [5.41, 5.74) is 0.924. The number of aromatic nitrogens is 3. The second-order valence-electron chi connectivity index (χ2n) is 11.4. The van der Waals surface area contributed by atoms with Crippen molar-refractivity contribution < 1.29 is 41.7 Å². The summed E-state index contributed by atoms with van der Waals surface area (Å²) in [7, 11) is 0. The van der Waals surface area contributed by atoms with Crippen molar-refractivity contribution in [1.29, 1.82) is 0 Å². The van der Waals surface area contributed by atoms with Gasteiger partial charge in [0.25, 0.3) is 0 Å². The van der Waals surface area contributed by atoms with Crippen LogP contribution in [-0.4, -0.2) is 39.2 Å². The first-order valence-electron chi connectivity index (χ1n) is 13.7. The third-order valence-corrected chi connectivity index (χ3v) is 7.40. The summed E-state index contributed by atoms with van der Waals surface area (Å²) < 4.78 is 77.4. The van der Waals surface area contributed by atoms with Crippen LogP contribution in [0.3, 0.4) is 0 Å². The summed E-state index contributed by atoms with van der Waals surface area (Å²) in [4.78, 5) is 21.0. The second-order valence-corrected chi connectivity index (χ2v) is 11.4. The zero-order valence-corrected chi connectivity index (χ0v) is 23.6. The van der Waals surface area contributed by atoms with Crippen molar-refractivity contribution in [1.82, 2.24) is 15.0 Å². The Morgan fingerprint density at radius 1 is 1.02 bits per heavy atom. The minimum Gasteiger partial charge on any atom is -0.481 e. The van der Waals surface area contributed by atoms with Gasteiger partial charge in [0.2, 0.25) is 17.4 Å². The quantitative estimate of drug-likeness (QED) is 0.127. The minimum absolute atomic E-state index is 0.0367. The van der Waals surface area contributed by atoms with Gasteiger partial charge in [-0.15, -0.1) is 0 Å². The first kappa shape index (κ1) is 29.4. The van der Waals surface area contributed by atoms with Gasteiger partial charge in [-0.05, 0) is 42.3 Å². The first-order chi connectivity index (χ1) is 21.0. The highest BCUT2D eigenvalue weighted by atomic mass is 19.2. The molecule has 0 saturated carbocycles. The molecule has 5 aromatic rings. The second kappa shape index (κ2) is 11.1. The maximum Gasteiger partial charge on any atom is 0.303 e. The fraction of sp³-hybridized carbons (Fsp3) is 0.250. The monoisotopic (exact) mass is 609 g/mol. The van der Waals surface area contributed by atoms with Crippen molar-refractivity contribution in [2.45, 2.75) is 32.5 Å². The third-order valence-electron chi connectivity index (χ3n) is 7.40. The molecule has 3 N–H and O–H groups in total. The Morgan fingerprint density at radius 3 is 2.55 bits per heavy atom. The zero-order chi connectivity index (χ0) is 31.2. The number of carbonyl (C=O) groups is 1. The standard InChI is InChI=1S/C32H27F4N3O5/c1-31(2)15-42-32(43-16-31,18-5-3-4-17(12-18)6-9-24(40)41)23-14-38-30(39-23)21-13-19(7-8-22(21)33)44-29-25(34)20-10-11-37-28(20)26(35)27(29)36/h3-5,7-8,10-14,37H,6,9,15-16H2,1-2H3,(H,38,39)(H,40,41). The normalized spacial score (nSPS) is 15.9. The van der Waals surface area contributed by atoms with Gasteiger partial charge in [-0.3, -0.25) is 4.79 Å². The highest BCUT2D eigenvalue weighted by Gasteiger charge is 2.45. The number of halogens is 4. The van der Waals surface area contributed by atoms with Gasteiger partial charge in [-0.2, -0.15) is 4.39 Å². The molecule has 3 aromatic carbocycles. The van der Waals surface area contributed by atoms with Crippen molar-refractivity contribution in [2.24, 2.45) is 5.41 Å². The van der Waals surface area contributed by atoms with Crippen molar-refractivity contribution in [3.8, 4) is 22.9 Å². The van der Waals surface area contributed by atoms with Gasteiger partial charge in [-0.25, -0.2) is 18.2 Å². The predicted octanol–water partition coefficient (Wildman–Crippen LogP) is 7.20. The summed E-state index contributed by atoms with van der Waals surface area (Å²) in [6, 6.07) is 11.8.